The van der Waals surface area contributed by atoms with Crippen LogP contribution in [0.4, 0.5) is 0 Å². The van der Waals surface area contributed by atoms with E-state index < -0.39 is 23.1 Å². The lowest BCUT2D eigenvalue weighted by molar-refractivity contribution is -0.398. The molecule has 0 aromatic rings. The fraction of sp³-hybridized carbons (Fsp3) is 0.882. The average Bonchev–Trinajstić information content (AvgIpc) is 2.47. The van der Waals surface area contributed by atoms with Crippen molar-refractivity contribution in [2.24, 2.45) is 0 Å². The Morgan fingerprint density at radius 2 is 1.50 bits per heavy atom. The lowest BCUT2D eigenvalue weighted by Crippen LogP contribution is -2.32. The second-order valence-corrected chi connectivity index (χ2v) is 7.18. The minimum atomic E-state index is -1.16. The van der Waals surface area contributed by atoms with Crippen LogP contribution in [-0.4, -0.2) is 36.4 Å². The highest BCUT2D eigenvalue weighted by atomic mass is 17.2. The van der Waals surface area contributed by atoms with E-state index in [-0.39, 0.29) is 13.2 Å². The van der Waals surface area contributed by atoms with Crippen molar-refractivity contribution >= 4 is 11.9 Å². The van der Waals surface area contributed by atoms with Gasteiger partial charge in [-0.05, 0) is 41.0 Å². The molecule has 0 aromatic carbocycles. The van der Waals surface area contributed by atoms with E-state index in [9.17, 15) is 9.59 Å². The van der Waals surface area contributed by atoms with E-state index in [1.165, 1.54) is 0 Å². The first-order valence-electron chi connectivity index (χ1n) is 8.45. The molecule has 142 valence electrons. The van der Waals surface area contributed by atoms with Gasteiger partial charge in [-0.25, -0.2) is 19.4 Å². The molecule has 0 saturated heterocycles. The first-order valence-corrected chi connectivity index (χ1v) is 8.45. The van der Waals surface area contributed by atoms with E-state index in [0.29, 0.717) is 6.42 Å². The third kappa shape index (κ3) is 13.3. The fourth-order valence-corrected chi connectivity index (χ4v) is 1.44. The van der Waals surface area contributed by atoms with Gasteiger partial charge in [0.2, 0.25) is 0 Å². The zero-order chi connectivity index (χ0) is 18.6. The fourth-order valence-electron chi connectivity index (χ4n) is 1.44. The zero-order valence-electron chi connectivity index (χ0n) is 15.8. The average molecular weight is 348 g/mol. The summed E-state index contributed by atoms with van der Waals surface area (Å²) in [5.41, 5.74) is -1.10. The summed E-state index contributed by atoms with van der Waals surface area (Å²) in [6.45, 7) is 11.5. The first-order chi connectivity index (χ1) is 11.1. The van der Waals surface area contributed by atoms with Crippen LogP contribution >= 0.6 is 0 Å². The van der Waals surface area contributed by atoms with Crippen molar-refractivity contribution < 1.29 is 33.9 Å². The largest absolute Gasteiger partial charge is 0.457 e. The standard InChI is InChI=1S/C17H32O7/c1-7-8-9-10-12-21-22-15(19)14(18)20-13-11-17(5,6)24-23-16(2,3)4/h7-13H2,1-6H3. The summed E-state index contributed by atoms with van der Waals surface area (Å²) in [5.74, 6) is -2.24. The van der Waals surface area contributed by atoms with E-state index >= 15 is 0 Å². The third-order valence-corrected chi connectivity index (χ3v) is 2.84. The van der Waals surface area contributed by atoms with E-state index in [4.69, 9.17) is 19.4 Å². The number of hydrogen-bond acceptors (Lipinski definition) is 7. The maximum atomic E-state index is 11.5. The van der Waals surface area contributed by atoms with Gasteiger partial charge in [-0.2, -0.15) is 4.89 Å². The van der Waals surface area contributed by atoms with Crippen LogP contribution in [0.15, 0.2) is 0 Å². The van der Waals surface area contributed by atoms with Crippen LogP contribution in [-0.2, 0) is 33.9 Å². The highest BCUT2D eigenvalue weighted by molar-refractivity contribution is 6.29. The smallest absolute Gasteiger partial charge is 0.449 e. The quantitative estimate of drug-likeness (QED) is 0.186. The molecule has 0 bridgehead atoms. The van der Waals surface area contributed by atoms with Crippen LogP contribution in [0.2, 0.25) is 0 Å². The molecule has 0 N–H and O–H groups in total. The van der Waals surface area contributed by atoms with Crippen molar-refractivity contribution in [3.8, 4) is 0 Å². The van der Waals surface area contributed by atoms with Gasteiger partial charge in [-0.3, -0.25) is 4.89 Å². The Labute approximate surface area is 144 Å². The van der Waals surface area contributed by atoms with Crippen molar-refractivity contribution in [3.63, 3.8) is 0 Å². The Balaban J connectivity index is 3.85. The third-order valence-electron chi connectivity index (χ3n) is 2.84. The Morgan fingerprint density at radius 1 is 0.833 bits per heavy atom. The summed E-state index contributed by atoms with van der Waals surface area (Å²) in [7, 11) is 0. The summed E-state index contributed by atoms with van der Waals surface area (Å²) in [5, 5.41) is 0. The molecule has 0 rings (SSSR count). The van der Waals surface area contributed by atoms with Gasteiger partial charge in [-0.1, -0.05) is 26.2 Å². The summed E-state index contributed by atoms with van der Waals surface area (Å²) in [4.78, 5) is 42.5. The molecule has 0 radical (unpaired) electrons. The lowest BCUT2D eigenvalue weighted by Gasteiger charge is -2.28. The molecule has 24 heavy (non-hydrogen) atoms. The minimum Gasteiger partial charge on any atom is -0.457 e. The Kier molecular flexibility index (Phi) is 10.8. The number of ether oxygens (including phenoxy) is 1. The van der Waals surface area contributed by atoms with Crippen LogP contribution in [0.5, 0.6) is 0 Å². The zero-order valence-corrected chi connectivity index (χ0v) is 15.8. The van der Waals surface area contributed by atoms with Crippen molar-refractivity contribution in [3.05, 3.63) is 0 Å². The van der Waals surface area contributed by atoms with Crippen molar-refractivity contribution in [1.82, 2.24) is 0 Å². The number of carbonyl (C=O) groups is 2. The van der Waals surface area contributed by atoms with Gasteiger partial charge in [0.25, 0.3) is 0 Å². The van der Waals surface area contributed by atoms with E-state index in [0.717, 1.165) is 25.7 Å². The molecule has 0 atom stereocenters. The van der Waals surface area contributed by atoms with Crippen molar-refractivity contribution in [1.29, 1.82) is 0 Å². The maximum Gasteiger partial charge on any atom is 0.449 e. The minimum absolute atomic E-state index is 0.00490. The van der Waals surface area contributed by atoms with Crippen molar-refractivity contribution in [2.75, 3.05) is 13.2 Å². The van der Waals surface area contributed by atoms with Crippen LogP contribution in [0.3, 0.4) is 0 Å². The van der Waals surface area contributed by atoms with Crippen LogP contribution in [0.25, 0.3) is 0 Å². The molecular weight excluding hydrogens is 316 g/mol. The van der Waals surface area contributed by atoms with Gasteiger partial charge < -0.3 is 4.74 Å². The molecule has 0 aromatic heterocycles. The summed E-state index contributed by atoms with van der Waals surface area (Å²) in [6, 6.07) is 0. The number of rotatable bonds is 11. The predicted octanol–water partition coefficient (Wildman–Crippen LogP) is 3.50. The number of carbonyl (C=O) groups excluding carboxylic acids is 2. The Bertz CT molecular complexity index is 372. The summed E-state index contributed by atoms with van der Waals surface area (Å²) >= 11 is 0. The second kappa shape index (κ2) is 11.4. The summed E-state index contributed by atoms with van der Waals surface area (Å²) < 4.78 is 4.84. The molecule has 7 nitrogen and oxygen atoms in total. The van der Waals surface area contributed by atoms with Gasteiger partial charge in [0.1, 0.15) is 5.60 Å². The predicted molar refractivity (Wildman–Crippen MR) is 87.8 cm³/mol. The van der Waals surface area contributed by atoms with E-state index in [1.54, 1.807) is 13.8 Å². The molecule has 0 spiro atoms. The normalized spacial score (nSPS) is 12.1. The number of unbranched alkanes of at least 4 members (excludes halogenated alkanes) is 3. The molecule has 0 saturated carbocycles. The second-order valence-electron chi connectivity index (χ2n) is 7.18. The van der Waals surface area contributed by atoms with Crippen molar-refractivity contribution in [2.45, 2.75) is 84.8 Å². The van der Waals surface area contributed by atoms with Gasteiger partial charge in [0, 0.05) is 6.42 Å². The molecule has 0 unspecified atom stereocenters. The molecule has 0 heterocycles. The number of esters is 1. The molecule has 0 fully saturated rings. The van der Waals surface area contributed by atoms with Gasteiger partial charge in [0.05, 0.1) is 18.8 Å². The van der Waals surface area contributed by atoms with E-state index in [2.05, 4.69) is 11.8 Å². The first kappa shape index (κ1) is 22.8. The maximum absolute atomic E-state index is 11.5. The highest BCUT2D eigenvalue weighted by Crippen LogP contribution is 2.19. The molecule has 0 aliphatic carbocycles. The molecule has 0 amide bonds. The summed E-state index contributed by atoms with van der Waals surface area (Å²) in [6.07, 6.45) is 4.32. The molecule has 7 heteroatoms. The van der Waals surface area contributed by atoms with Crippen LogP contribution in [0.1, 0.15) is 73.6 Å². The van der Waals surface area contributed by atoms with Gasteiger partial charge in [-0.15, -0.1) is 0 Å². The lowest BCUT2D eigenvalue weighted by atomic mass is 10.1. The Morgan fingerprint density at radius 3 is 2.08 bits per heavy atom. The highest BCUT2D eigenvalue weighted by Gasteiger charge is 2.26. The van der Waals surface area contributed by atoms with Crippen LogP contribution in [0, 0.1) is 0 Å². The SMILES string of the molecule is CCCCCCOOC(=O)C(=O)OCCC(C)(C)OOC(C)(C)C. The van der Waals surface area contributed by atoms with E-state index in [1.807, 2.05) is 20.8 Å². The topological polar surface area (TPSA) is 80.3 Å². The molecule has 0 aliphatic heterocycles. The Hall–Kier alpha value is -1.18. The van der Waals surface area contributed by atoms with Gasteiger partial charge >= 0.3 is 11.9 Å². The monoisotopic (exact) mass is 348 g/mol. The molecule has 0 aliphatic rings. The number of hydrogen-bond donors (Lipinski definition) is 0. The molecular formula is C17H32O7. The van der Waals surface area contributed by atoms with Crippen LogP contribution < -0.4 is 0 Å². The van der Waals surface area contributed by atoms with Gasteiger partial charge in [0.15, 0.2) is 0 Å².